The Hall–Kier alpha value is -1.95. The molecule has 1 aromatic rings. The fraction of sp³-hybridized carbons (Fsp3) is 0.462. The Labute approximate surface area is 110 Å². The number of nitrogens with one attached hydrogen (secondary N) is 1. The van der Waals surface area contributed by atoms with Crippen molar-refractivity contribution < 1.29 is 9.72 Å². The molecule has 1 amide bonds. The minimum atomic E-state index is -0.473. The fourth-order valence-corrected chi connectivity index (χ4v) is 2.96. The Kier molecular flexibility index (Phi) is 2.94. The van der Waals surface area contributed by atoms with Gasteiger partial charge in [-0.1, -0.05) is 6.07 Å². The lowest BCUT2D eigenvalue weighted by atomic mass is 10.0. The molecule has 0 bridgehead atoms. The zero-order valence-electron chi connectivity index (χ0n) is 10.4. The summed E-state index contributed by atoms with van der Waals surface area (Å²) in [5.74, 6) is 0.961. The summed E-state index contributed by atoms with van der Waals surface area (Å²) in [7, 11) is 0. The number of rotatable bonds is 2. The highest BCUT2D eigenvalue weighted by atomic mass is 16.6. The minimum absolute atomic E-state index is 0.0353. The van der Waals surface area contributed by atoms with Crippen LogP contribution in [0.25, 0.3) is 0 Å². The second-order valence-electron chi connectivity index (χ2n) is 5.20. The standard InChI is InChI=1S/C13H15N3O3/c17-13(9-2-1-3-12(4-9)16(18)19)15-7-10-5-14-6-11(10)8-15/h1-4,10-11,14H,5-8H2. The van der Waals surface area contributed by atoms with Crippen molar-refractivity contribution in [1.29, 1.82) is 0 Å². The number of hydrogen-bond acceptors (Lipinski definition) is 4. The first-order valence-corrected chi connectivity index (χ1v) is 6.39. The number of nitro groups is 1. The molecule has 6 heteroatoms. The van der Waals surface area contributed by atoms with Crippen molar-refractivity contribution in [2.24, 2.45) is 11.8 Å². The van der Waals surface area contributed by atoms with Gasteiger partial charge >= 0.3 is 0 Å². The molecule has 2 unspecified atom stereocenters. The molecule has 0 saturated carbocycles. The third-order valence-corrected chi connectivity index (χ3v) is 3.98. The highest BCUT2D eigenvalue weighted by Crippen LogP contribution is 2.27. The Balaban J connectivity index is 1.77. The van der Waals surface area contributed by atoms with E-state index < -0.39 is 4.92 Å². The van der Waals surface area contributed by atoms with E-state index in [0.29, 0.717) is 17.4 Å². The van der Waals surface area contributed by atoms with Crippen LogP contribution in [0.1, 0.15) is 10.4 Å². The second-order valence-corrected chi connectivity index (χ2v) is 5.20. The molecule has 100 valence electrons. The Morgan fingerprint density at radius 3 is 2.63 bits per heavy atom. The maximum atomic E-state index is 12.3. The lowest BCUT2D eigenvalue weighted by molar-refractivity contribution is -0.384. The van der Waals surface area contributed by atoms with Crippen molar-refractivity contribution in [1.82, 2.24) is 10.2 Å². The van der Waals surface area contributed by atoms with E-state index in [1.165, 1.54) is 12.1 Å². The maximum absolute atomic E-state index is 12.3. The molecular weight excluding hydrogens is 246 g/mol. The summed E-state index contributed by atoms with van der Waals surface area (Å²) in [6, 6.07) is 5.96. The van der Waals surface area contributed by atoms with Crippen LogP contribution in [0.2, 0.25) is 0 Å². The molecule has 2 fully saturated rings. The van der Waals surface area contributed by atoms with Crippen LogP contribution in [-0.2, 0) is 0 Å². The van der Waals surface area contributed by atoms with E-state index in [-0.39, 0.29) is 11.6 Å². The predicted molar refractivity (Wildman–Crippen MR) is 68.8 cm³/mol. The first kappa shape index (κ1) is 12.1. The molecule has 2 saturated heterocycles. The third kappa shape index (κ3) is 2.19. The highest BCUT2D eigenvalue weighted by molar-refractivity contribution is 5.95. The normalized spacial score (nSPS) is 25.4. The second kappa shape index (κ2) is 4.62. The average molecular weight is 261 g/mol. The molecule has 6 nitrogen and oxygen atoms in total. The largest absolute Gasteiger partial charge is 0.338 e. The van der Waals surface area contributed by atoms with E-state index >= 15 is 0 Å². The highest BCUT2D eigenvalue weighted by Gasteiger charge is 2.38. The van der Waals surface area contributed by atoms with Gasteiger partial charge in [0.25, 0.3) is 11.6 Å². The van der Waals surface area contributed by atoms with Gasteiger partial charge in [0, 0.05) is 43.9 Å². The number of nitrogens with zero attached hydrogens (tertiary/aromatic N) is 2. The quantitative estimate of drug-likeness (QED) is 0.633. The first-order valence-electron chi connectivity index (χ1n) is 6.39. The summed E-state index contributed by atoms with van der Waals surface area (Å²) in [5.41, 5.74) is 0.369. The SMILES string of the molecule is O=C(c1cccc([N+](=O)[O-])c1)N1CC2CNCC2C1. The number of hydrogen-bond donors (Lipinski definition) is 1. The van der Waals surface area contributed by atoms with Crippen LogP contribution in [0, 0.1) is 22.0 Å². The van der Waals surface area contributed by atoms with E-state index in [1.54, 1.807) is 12.1 Å². The van der Waals surface area contributed by atoms with Gasteiger partial charge in [0.15, 0.2) is 0 Å². The Morgan fingerprint density at radius 2 is 2.00 bits per heavy atom. The average Bonchev–Trinajstić information content (AvgIpc) is 2.98. The van der Waals surface area contributed by atoms with Crippen molar-refractivity contribution in [2.45, 2.75) is 0 Å². The maximum Gasteiger partial charge on any atom is 0.270 e. The van der Waals surface area contributed by atoms with E-state index in [2.05, 4.69) is 5.32 Å². The number of likely N-dealkylation sites (tertiary alicyclic amines) is 1. The molecular formula is C13H15N3O3. The van der Waals surface area contributed by atoms with Gasteiger partial charge in [-0.25, -0.2) is 0 Å². The van der Waals surface area contributed by atoms with Crippen LogP contribution in [0.5, 0.6) is 0 Å². The van der Waals surface area contributed by atoms with Gasteiger partial charge in [0.1, 0.15) is 0 Å². The van der Waals surface area contributed by atoms with Crippen LogP contribution in [0.15, 0.2) is 24.3 Å². The molecule has 2 heterocycles. The molecule has 1 N–H and O–H groups in total. The van der Waals surface area contributed by atoms with E-state index in [0.717, 1.165) is 26.2 Å². The van der Waals surface area contributed by atoms with Crippen molar-refractivity contribution in [3.05, 3.63) is 39.9 Å². The zero-order chi connectivity index (χ0) is 13.4. The van der Waals surface area contributed by atoms with Crippen molar-refractivity contribution in [3.63, 3.8) is 0 Å². The van der Waals surface area contributed by atoms with Crippen LogP contribution in [-0.4, -0.2) is 41.9 Å². The molecule has 0 aliphatic carbocycles. The predicted octanol–water partition coefficient (Wildman–Crippen LogP) is 0.886. The molecule has 2 aliphatic heterocycles. The van der Waals surface area contributed by atoms with Crippen molar-refractivity contribution >= 4 is 11.6 Å². The summed E-state index contributed by atoms with van der Waals surface area (Å²) in [6.07, 6.45) is 0. The number of non-ortho nitro benzene ring substituents is 1. The van der Waals surface area contributed by atoms with Gasteiger partial charge in [0.2, 0.25) is 0 Å². The number of benzene rings is 1. The molecule has 2 aliphatic rings. The van der Waals surface area contributed by atoms with Crippen LogP contribution in [0.4, 0.5) is 5.69 Å². The lowest BCUT2D eigenvalue weighted by Gasteiger charge is -2.17. The zero-order valence-corrected chi connectivity index (χ0v) is 10.4. The summed E-state index contributed by atoms with van der Waals surface area (Å²) in [4.78, 5) is 24.4. The summed E-state index contributed by atoms with van der Waals surface area (Å²) < 4.78 is 0. The van der Waals surface area contributed by atoms with E-state index in [4.69, 9.17) is 0 Å². The van der Waals surface area contributed by atoms with Gasteiger partial charge in [-0.2, -0.15) is 0 Å². The van der Waals surface area contributed by atoms with Crippen molar-refractivity contribution in [3.8, 4) is 0 Å². The van der Waals surface area contributed by atoms with Gasteiger partial charge in [0.05, 0.1) is 4.92 Å². The number of carbonyl (C=O) groups excluding carboxylic acids is 1. The molecule has 1 aromatic carbocycles. The lowest BCUT2D eigenvalue weighted by Crippen LogP contribution is -2.31. The molecule has 0 spiro atoms. The monoisotopic (exact) mass is 261 g/mol. The first-order chi connectivity index (χ1) is 9.15. The number of amides is 1. The smallest absolute Gasteiger partial charge is 0.270 e. The van der Waals surface area contributed by atoms with Crippen molar-refractivity contribution in [2.75, 3.05) is 26.2 Å². The van der Waals surface area contributed by atoms with Crippen LogP contribution >= 0.6 is 0 Å². The number of carbonyl (C=O) groups is 1. The van der Waals surface area contributed by atoms with Gasteiger partial charge in [-0.15, -0.1) is 0 Å². The summed E-state index contributed by atoms with van der Waals surface area (Å²) in [5, 5.41) is 14.0. The number of fused-ring (bicyclic) bond motifs is 1. The Bertz CT molecular complexity index is 520. The minimum Gasteiger partial charge on any atom is -0.338 e. The molecule has 19 heavy (non-hydrogen) atoms. The van der Waals surface area contributed by atoms with Crippen LogP contribution in [0.3, 0.4) is 0 Å². The molecule has 2 atom stereocenters. The van der Waals surface area contributed by atoms with Gasteiger partial charge < -0.3 is 10.2 Å². The number of nitro benzene ring substituents is 1. The van der Waals surface area contributed by atoms with E-state index in [1.807, 2.05) is 4.90 Å². The summed E-state index contributed by atoms with van der Waals surface area (Å²) in [6.45, 7) is 3.42. The van der Waals surface area contributed by atoms with Gasteiger partial charge in [-0.05, 0) is 17.9 Å². The van der Waals surface area contributed by atoms with Crippen LogP contribution < -0.4 is 5.32 Å². The summed E-state index contributed by atoms with van der Waals surface area (Å²) >= 11 is 0. The topological polar surface area (TPSA) is 75.5 Å². The van der Waals surface area contributed by atoms with E-state index in [9.17, 15) is 14.9 Å². The Morgan fingerprint density at radius 1 is 1.32 bits per heavy atom. The fourth-order valence-electron chi connectivity index (χ4n) is 2.96. The third-order valence-electron chi connectivity index (χ3n) is 3.98. The molecule has 0 radical (unpaired) electrons. The van der Waals surface area contributed by atoms with Gasteiger partial charge in [-0.3, -0.25) is 14.9 Å². The molecule has 0 aromatic heterocycles. The molecule has 3 rings (SSSR count).